The van der Waals surface area contributed by atoms with E-state index < -0.39 is 70.4 Å². The van der Waals surface area contributed by atoms with Gasteiger partial charge in [-0.3, -0.25) is 29.5 Å². The Balaban J connectivity index is 1.32. The highest BCUT2D eigenvalue weighted by Gasteiger charge is 2.70. The van der Waals surface area contributed by atoms with Crippen LogP contribution in [0.15, 0.2) is 103 Å². The van der Waals surface area contributed by atoms with Gasteiger partial charge in [-0.05, 0) is 104 Å². The molecule has 274 valence electrons. The first kappa shape index (κ1) is 35.0. The Bertz CT molecular complexity index is 2280. The summed E-state index contributed by atoms with van der Waals surface area (Å²) in [5.41, 5.74) is 3.30. The number of benzene rings is 4. The lowest BCUT2D eigenvalue weighted by Gasteiger charge is -2.50. The second kappa shape index (κ2) is 13.1. The molecule has 4 aliphatic rings. The standard InChI is InChI=1S/C41H33ClFN3O8/c1-2-54-33-19-21(6-17-32(33)47)35-28-15-16-29-34(38(50)45(36(29)48)27-5-3-4-22(18-27)39(51)52)30(28)20-31-37(49)46(44-26-13-11-25(43)12-14-26)40(53)41(31,35)23-7-9-24(42)10-8-23/h3-15,17-19,29-31,34-35,44,47H,2,16,20H2,1H3,(H,51,52). The number of aromatic hydroxyl groups is 1. The van der Waals surface area contributed by atoms with Crippen molar-refractivity contribution in [1.82, 2.24) is 5.01 Å². The number of ether oxygens (including phenoxy) is 1. The van der Waals surface area contributed by atoms with Crippen LogP contribution in [0.4, 0.5) is 15.8 Å². The highest BCUT2D eigenvalue weighted by atomic mass is 35.5. The van der Waals surface area contributed by atoms with Gasteiger partial charge in [0.05, 0.1) is 46.7 Å². The second-order valence-electron chi connectivity index (χ2n) is 13.9. The predicted molar refractivity (Wildman–Crippen MR) is 194 cm³/mol. The number of halogens is 2. The second-order valence-corrected chi connectivity index (χ2v) is 14.3. The number of allylic oxidation sites excluding steroid dienone is 2. The number of hydrogen-bond acceptors (Lipinski definition) is 8. The normalized spacial score (nSPS) is 25.9. The maximum Gasteiger partial charge on any atom is 0.335 e. The van der Waals surface area contributed by atoms with Crippen molar-refractivity contribution in [3.63, 3.8) is 0 Å². The van der Waals surface area contributed by atoms with E-state index in [1.54, 1.807) is 43.3 Å². The molecule has 6 unspecified atom stereocenters. The molecule has 2 saturated heterocycles. The predicted octanol–water partition coefficient (Wildman–Crippen LogP) is 6.47. The van der Waals surface area contributed by atoms with Crippen LogP contribution >= 0.6 is 11.6 Å². The molecule has 1 saturated carbocycles. The van der Waals surface area contributed by atoms with E-state index in [4.69, 9.17) is 16.3 Å². The highest BCUT2D eigenvalue weighted by molar-refractivity contribution is 6.30. The molecule has 54 heavy (non-hydrogen) atoms. The lowest BCUT2D eigenvalue weighted by atomic mass is 9.49. The number of rotatable bonds is 8. The molecule has 0 spiro atoms. The Morgan fingerprint density at radius 3 is 2.39 bits per heavy atom. The molecule has 0 aromatic heterocycles. The van der Waals surface area contributed by atoms with Crippen LogP contribution in [-0.2, 0) is 24.6 Å². The number of aromatic carboxylic acids is 1. The summed E-state index contributed by atoms with van der Waals surface area (Å²) in [5.74, 6) is -8.31. The number of anilines is 2. The number of hydrogen-bond donors (Lipinski definition) is 3. The van der Waals surface area contributed by atoms with E-state index in [1.165, 1.54) is 54.6 Å². The van der Waals surface area contributed by atoms with E-state index in [9.17, 15) is 33.8 Å². The molecule has 4 aromatic rings. The number of hydrazine groups is 1. The van der Waals surface area contributed by atoms with Gasteiger partial charge in [0, 0.05) is 10.9 Å². The summed E-state index contributed by atoms with van der Waals surface area (Å²) < 4.78 is 19.7. The third-order valence-electron chi connectivity index (χ3n) is 11.2. The van der Waals surface area contributed by atoms with Crippen molar-refractivity contribution in [2.45, 2.75) is 31.1 Å². The number of carbonyl (C=O) groups excluding carboxylic acids is 4. The van der Waals surface area contributed by atoms with Gasteiger partial charge < -0.3 is 14.9 Å². The van der Waals surface area contributed by atoms with Gasteiger partial charge in [-0.15, -0.1) is 0 Å². The fourth-order valence-corrected chi connectivity index (χ4v) is 9.17. The van der Waals surface area contributed by atoms with E-state index in [-0.39, 0.29) is 47.9 Å². The quantitative estimate of drug-likeness (QED) is 0.136. The SMILES string of the molecule is CCOc1cc(C2C3=CCC4C(=O)N(c5cccc(C(=O)O)c5)C(=O)C4C3CC3C(=O)N(Nc4ccc(F)cc4)C(=O)C32c2ccc(Cl)cc2)ccc1O. The first-order valence-corrected chi connectivity index (χ1v) is 17.9. The maximum atomic E-state index is 15.3. The van der Waals surface area contributed by atoms with E-state index in [1.807, 2.05) is 6.08 Å². The summed E-state index contributed by atoms with van der Waals surface area (Å²) >= 11 is 6.36. The lowest BCUT2D eigenvalue weighted by molar-refractivity contribution is -0.138. The van der Waals surface area contributed by atoms with Gasteiger partial charge >= 0.3 is 5.97 Å². The molecule has 2 aliphatic heterocycles. The fourth-order valence-electron chi connectivity index (χ4n) is 9.04. The molecular formula is C41H33ClFN3O8. The van der Waals surface area contributed by atoms with Crippen LogP contribution < -0.4 is 15.1 Å². The Hall–Kier alpha value is -6.01. The van der Waals surface area contributed by atoms with Crippen LogP contribution in [0, 0.1) is 29.5 Å². The molecular weight excluding hydrogens is 717 g/mol. The van der Waals surface area contributed by atoms with Crippen molar-refractivity contribution in [1.29, 1.82) is 0 Å². The van der Waals surface area contributed by atoms with E-state index >= 15 is 4.79 Å². The van der Waals surface area contributed by atoms with Gasteiger partial charge in [0.15, 0.2) is 11.5 Å². The Morgan fingerprint density at radius 2 is 1.69 bits per heavy atom. The molecule has 13 heteroatoms. The minimum Gasteiger partial charge on any atom is -0.504 e. The van der Waals surface area contributed by atoms with Crippen molar-refractivity contribution in [2.75, 3.05) is 16.9 Å². The summed E-state index contributed by atoms with van der Waals surface area (Å²) in [6.45, 7) is 1.99. The van der Waals surface area contributed by atoms with E-state index in [2.05, 4.69) is 5.43 Å². The first-order valence-electron chi connectivity index (χ1n) is 17.5. The molecule has 6 atom stereocenters. The third-order valence-corrected chi connectivity index (χ3v) is 11.5. The van der Waals surface area contributed by atoms with Crippen molar-refractivity contribution in [3.05, 3.63) is 130 Å². The van der Waals surface area contributed by atoms with Crippen LogP contribution in [0.2, 0.25) is 5.02 Å². The van der Waals surface area contributed by atoms with E-state index in [0.717, 1.165) is 9.91 Å². The van der Waals surface area contributed by atoms with Gasteiger partial charge in [0.2, 0.25) is 11.8 Å². The first-order chi connectivity index (χ1) is 25.9. The highest BCUT2D eigenvalue weighted by Crippen LogP contribution is 2.64. The molecule has 4 amide bonds. The third kappa shape index (κ3) is 5.26. The summed E-state index contributed by atoms with van der Waals surface area (Å²) in [5, 5.41) is 21.7. The molecule has 0 radical (unpaired) electrons. The van der Waals surface area contributed by atoms with E-state index in [0.29, 0.717) is 21.7 Å². The average Bonchev–Trinajstić information content (AvgIpc) is 3.54. The number of amides is 4. The fraction of sp³-hybridized carbons (Fsp3) is 0.244. The van der Waals surface area contributed by atoms with Crippen LogP contribution in [0.5, 0.6) is 11.5 Å². The largest absolute Gasteiger partial charge is 0.504 e. The van der Waals surface area contributed by atoms with Gasteiger partial charge in [-0.2, -0.15) is 5.01 Å². The van der Waals surface area contributed by atoms with Crippen LogP contribution in [0.1, 0.15) is 47.2 Å². The number of carbonyl (C=O) groups is 5. The van der Waals surface area contributed by atoms with Crippen molar-refractivity contribution >= 4 is 52.6 Å². The van der Waals surface area contributed by atoms with Crippen LogP contribution in [0.3, 0.4) is 0 Å². The van der Waals surface area contributed by atoms with Gasteiger partial charge in [0.25, 0.3) is 11.8 Å². The zero-order chi connectivity index (χ0) is 38.1. The van der Waals surface area contributed by atoms with Crippen LogP contribution in [-0.4, -0.2) is 51.4 Å². The topological polar surface area (TPSA) is 154 Å². The van der Waals surface area contributed by atoms with Crippen molar-refractivity contribution in [3.8, 4) is 11.5 Å². The molecule has 11 nitrogen and oxygen atoms in total. The molecule has 4 aromatic carbocycles. The van der Waals surface area contributed by atoms with Gasteiger partial charge in [0.1, 0.15) is 5.82 Å². The summed E-state index contributed by atoms with van der Waals surface area (Å²) in [6, 6.07) is 22.2. The Kier molecular flexibility index (Phi) is 8.52. The van der Waals surface area contributed by atoms with Crippen molar-refractivity contribution in [2.24, 2.45) is 23.7 Å². The molecule has 2 aliphatic carbocycles. The Morgan fingerprint density at radius 1 is 0.944 bits per heavy atom. The van der Waals surface area contributed by atoms with Gasteiger partial charge in [-0.1, -0.05) is 47.5 Å². The lowest BCUT2D eigenvalue weighted by Crippen LogP contribution is -2.53. The van der Waals surface area contributed by atoms with Gasteiger partial charge in [-0.25, -0.2) is 9.18 Å². The zero-order valence-corrected chi connectivity index (χ0v) is 29.5. The number of carboxylic acid groups (broad SMARTS) is 1. The molecule has 0 bridgehead atoms. The number of carboxylic acids is 1. The molecule has 2 heterocycles. The number of imide groups is 2. The number of fused-ring (bicyclic) bond motifs is 4. The zero-order valence-electron chi connectivity index (χ0n) is 28.7. The number of phenols is 1. The maximum absolute atomic E-state index is 15.3. The molecule has 3 N–H and O–H groups in total. The minimum absolute atomic E-state index is 0.0106. The monoisotopic (exact) mass is 749 g/mol. The number of nitrogens with zero attached hydrogens (tertiary/aromatic N) is 2. The molecule has 3 fully saturated rings. The summed E-state index contributed by atoms with van der Waals surface area (Å²) in [6.07, 6.45) is 2.04. The van der Waals surface area contributed by atoms with Crippen LogP contribution in [0.25, 0.3) is 0 Å². The Labute approximate surface area is 313 Å². The summed E-state index contributed by atoms with van der Waals surface area (Å²) in [4.78, 5) is 71.5. The van der Waals surface area contributed by atoms with Crippen molar-refractivity contribution < 1.29 is 43.3 Å². The number of phenolic OH excluding ortho intramolecular Hbond substituents is 1. The molecule has 8 rings (SSSR count). The number of nitrogens with one attached hydrogen (secondary N) is 1. The summed E-state index contributed by atoms with van der Waals surface area (Å²) in [7, 11) is 0. The smallest absolute Gasteiger partial charge is 0.335 e. The minimum atomic E-state index is -1.62. The average molecular weight is 750 g/mol.